The molecule has 43 heavy (non-hydrogen) atoms. The lowest BCUT2D eigenvalue weighted by Gasteiger charge is -2.43. The Kier molecular flexibility index (Phi) is 10.2. The number of rotatable bonds is 10. The fourth-order valence-corrected chi connectivity index (χ4v) is 5.82. The Bertz CT molecular complexity index is 1340. The van der Waals surface area contributed by atoms with E-state index < -0.39 is 23.1 Å². The summed E-state index contributed by atoms with van der Waals surface area (Å²) in [4.78, 5) is 55.3. The van der Waals surface area contributed by atoms with Crippen LogP contribution in [-0.4, -0.2) is 78.5 Å². The summed E-state index contributed by atoms with van der Waals surface area (Å²) in [7, 11) is 0. The third-order valence-corrected chi connectivity index (χ3v) is 8.03. The highest BCUT2D eigenvalue weighted by Crippen LogP contribution is 2.37. The minimum Gasteiger partial charge on any atom is -0.461 e. The second-order valence-electron chi connectivity index (χ2n) is 11.4. The summed E-state index contributed by atoms with van der Waals surface area (Å²) >= 11 is 0. The van der Waals surface area contributed by atoms with E-state index in [2.05, 4.69) is 13.2 Å². The zero-order valence-corrected chi connectivity index (χ0v) is 25.0. The van der Waals surface area contributed by atoms with E-state index in [4.69, 9.17) is 14.2 Å². The summed E-state index contributed by atoms with van der Waals surface area (Å²) in [5.41, 5.74) is -0.0877. The number of morpholine rings is 1. The maximum atomic E-state index is 13.4. The van der Waals surface area contributed by atoms with Crippen LogP contribution in [0.3, 0.4) is 0 Å². The van der Waals surface area contributed by atoms with Crippen molar-refractivity contribution in [3.63, 3.8) is 0 Å². The molecule has 9 nitrogen and oxygen atoms in total. The molecule has 2 aromatic carbocycles. The molecule has 4 rings (SSSR count). The first-order valence-electron chi connectivity index (χ1n) is 14.5. The smallest absolute Gasteiger partial charge is 0.340 e. The van der Waals surface area contributed by atoms with E-state index in [1.165, 1.54) is 19.1 Å². The summed E-state index contributed by atoms with van der Waals surface area (Å²) in [5.74, 6) is -1.20. The van der Waals surface area contributed by atoms with Gasteiger partial charge in [0.25, 0.3) is 5.91 Å². The summed E-state index contributed by atoms with van der Waals surface area (Å²) in [6.07, 6.45) is 4.09. The first-order valence-corrected chi connectivity index (χ1v) is 14.5. The number of hydrogen-bond donors (Lipinski definition) is 0. The molecule has 9 heteroatoms. The van der Waals surface area contributed by atoms with E-state index in [-0.39, 0.29) is 50.6 Å². The zero-order valence-electron chi connectivity index (χ0n) is 25.0. The largest absolute Gasteiger partial charge is 0.461 e. The summed E-state index contributed by atoms with van der Waals surface area (Å²) in [5, 5.41) is 0. The number of amides is 2. The van der Waals surface area contributed by atoms with Crippen LogP contribution in [0, 0.1) is 5.41 Å². The van der Waals surface area contributed by atoms with Crippen LogP contribution in [0.2, 0.25) is 0 Å². The number of carbonyl (C=O) groups excluding carboxylic acids is 4. The minimum atomic E-state index is -1.40. The summed E-state index contributed by atoms with van der Waals surface area (Å²) < 4.78 is 17.2. The minimum absolute atomic E-state index is 0.0296. The van der Waals surface area contributed by atoms with Crippen LogP contribution in [0.15, 0.2) is 79.9 Å². The first kappa shape index (κ1) is 31.7. The van der Waals surface area contributed by atoms with Gasteiger partial charge < -0.3 is 24.0 Å². The highest BCUT2D eigenvalue weighted by molar-refractivity contribution is 5.95. The topological polar surface area (TPSA) is 102 Å². The second-order valence-corrected chi connectivity index (χ2v) is 11.4. The third-order valence-electron chi connectivity index (χ3n) is 8.03. The van der Waals surface area contributed by atoms with Crippen molar-refractivity contribution < 1.29 is 33.4 Å². The van der Waals surface area contributed by atoms with Crippen molar-refractivity contribution >= 4 is 23.8 Å². The van der Waals surface area contributed by atoms with E-state index in [0.717, 1.165) is 11.1 Å². The molecule has 228 valence electrons. The fourth-order valence-electron chi connectivity index (χ4n) is 5.82. The average molecular weight is 589 g/mol. The van der Waals surface area contributed by atoms with Gasteiger partial charge in [0.05, 0.1) is 18.5 Å². The number of hydrogen-bond acceptors (Lipinski definition) is 7. The molecule has 0 N–H and O–H groups in total. The van der Waals surface area contributed by atoms with Gasteiger partial charge in [0.2, 0.25) is 5.91 Å². The van der Waals surface area contributed by atoms with Crippen LogP contribution in [0.4, 0.5) is 0 Å². The molecule has 0 saturated carbocycles. The number of ether oxygens (including phenoxy) is 3. The van der Waals surface area contributed by atoms with Gasteiger partial charge in [-0.1, -0.05) is 67.8 Å². The summed E-state index contributed by atoms with van der Waals surface area (Å²) in [6.45, 7) is 11.7. The van der Waals surface area contributed by atoms with Crippen molar-refractivity contribution in [1.82, 2.24) is 9.80 Å². The zero-order chi connectivity index (χ0) is 31.0. The van der Waals surface area contributed by atoms with Crippen molar-refractivity contribution in [2.75, 3.05) is 39.4 Å². The number of likely N-dealkylation sites (tertiary alicyclic amines) is 1. The van der Waals surface area contributed by atoms with Gasteiger partial charge in [-0.15, -0.1) is 0 Å². The number of esters is 2. The molecule has 2 aliphatic heterocycles. The molecule has 2 amide bonds. The van der Waals surface area contributed by atoms with Crippen LogP contribution in [0.5, 0.6) is 0 Å². The molecule has 2 heterocycles. The standard InChI is InChI=1S/C34H40N2O7/c1-5-19-41-31(39)33(4)23-36(30(38)28-11-8-7-9-12-28)22-29(43-33)27-15-13-26(14-16-27)21-34(32(40)42-20-6-2)17-10-18-35(24-34)25(3)37/h5-9,11-16,29H,1-2,10,17-24H2,3-4H3. The van der Waals surface area contributed by atoms with Gasteiger partial charge in [-0.2, -0.15) is 0 Å². The summed E-state index contributed by atoms with van der Waals surface area (Å²) in [6, 6.07) is 16.5. The van der Waals surface area contributed by atoms with Crippen LogP contribution in [-0.2, 0) is 35.0 Å². The van der Waals surface area contributed by atoms with Gasteiger partial charge in [-0.05, 0) is 49.4 Å². The lowest BCUT2D eigenvalue weighted by Crippen LogP contribution is -2.57. The molecular weight excluding hydrogens is 548 g/mol. The number of piperidine rings is 1. The highest BCUT2D eigenvalue weighted by atomic mass is 16.6. The van der Waals surface area contributed by atoms with Gasteiger partial charge in [0.1, 0.15) is 19.3 Å². The molecule has 2 fully saturated rings. The van der Waals surface area contributed by atoms with E-state index in [0.29, 0.717) is 31.4 Å². The molecule has 2 aromatic rings. The molecular formula is C34H40N2O7. The second kappa shape index (κ2) is 13.8. The molecule has 2 aliphatic rings. The third kappa shape index (κ3) is 7.40. The number of carbonyl (C=O) groups is 4. The van der Waals surface area contributed by atoms with Crippen LogP contribution >= 0.6 is 0 Å². The van der Waals surface area contributed by atoms with Gasteiger partial charge in [0, 0.05) is 25.6 Å². The van der Waals surface area contributed by atoms with E-state index in [9.17, 15) is 19.2 Å². The van der Waals surface area contributed by atoms with E-state index in [1.807, 2.05) is 30.3 Å². The predicted octanol–water partition coefficient (Wildman–Crippen LogP) is 4.29. The molecule has 0 spiro atoms. The Morgan fingerprint density at radius 2 is 1.58 bits per heavy atom. The van der Waals surface area contributed by atoms with Crippen molar-refractivity contribution in [1.29, 1.82) is 0 Å². The number of nitrogens with zero attached hydrogens (tertiary/aromatic N) is 2. The van der Waals surface area contributed by atoms with Crippen molar-refractivity contribution in [3.05, 3.63) is 96.6 Å². The van der Waals surface area contributed by atoms with Crippen molar-refractivity contribution in [2.24, 2.45) is 5.41 Å². The van der Waals surface area contributed by atoms with Crippen LogP contribution < -0.4 is 0 Å². The molecule has 3 unspecified atom stereocenters. The Labute approximate surface area is 253 Å². The van der Waals surface area contributed by atoms with Gasteiger partial charge in [-0.3, -0.25) is 14.4 Å². The van der Waals surface area contributed by atoms with Crippen LogP contribution in [0.1, 0.15) is 54.3 Å². The lowest BCUT2D eigenvalue weighted by molar-refractivity contribution is -0.190. The van der Waals surface area contributed by atoms with Gasteiger partial charge >= 0.3 is 11.9 Å². The first-order chi connectivity index (χ1) is 20.6. The maximum Gasteiger partial charge on any atom is 0.340 e. The van der Waals surface area contributed by atoms with E-state index >= 15 is 0 Å². The highest BCUT2D eigenvalue weighted by Gasteiger charge is 2.47. The Morgan fingerprint density at radius 3 is 2.21 bits per heavy atom. The predicted molar refractivity (Wildman–Crippen MR) is 161 cm³/mol. The molecule has 0 aliphatic carbocycles. The molecule has 2 saturated heterocycles. The monoisotopic (exact) mass is 588 g/mol. The molecule has 0 radical (unpaired) electrons. The quantitative estimate of drug-likeness (QED) is 0.301. The van der Waals surface area contributed by atoms with Gasteiger partial charge in [0.15, 0.2) is 5.60 Å². The Morgan fingerprint density at radius 1 is 0.930 bits per heavy atom. The Balaban J connectivity index is 1.59. The average Bonchev–Trinajstić information content (AvgIpc) is 3.02. The normalized spacial score (nSPS) is 23.6. The molecule has 0 bridgehead atoms. The Hall–Kier alpha value is -4.24. The van der Waals surface area contributed by atoms with Crippen molar-refractivity contribution in [2.45, 2.75) is 44.8 Å². The number of benzene rings is 2. The van der Waals surface area contributed by atoms with Crippen molar-refractivity contribution in [3.8, 4) is 0 Å². The SMILES string of the molecule is C=CCOC(=O)C1(Cc2ccc(C3CN(C(=O)c4ccccc4)CC(C)(C(=O)OCC=C)O3)cc2)CCCN(C(C)=O)C1. The van der Waals surface area contributed by atoms with E-state index in [1.54, 1.807) is 41.0 Å². The van der Waals surface area contributed by atoms with Crippen LogP contribution in [0.25, 0.3) is 0 Å². The lowest BCUT2D eigenvalue weighted by atomic mass is 9.75. The molecule has 0 aromatic heterocycles. The van der Waals surface area contributed by atoms with Gasteiger partial charge in [-0.25, -0.2) is 4.79 Å². The maximum absolute atomic E-state index is 13.4. The molecule has 3 atom stereocenters. The fraction of sp³-hybridized carbons (Fsp3) is 0.412.